The lowest BCUT2D eigenvalue weighted by Crippen LogP contribution is -2.25. The van der Waals surface area contributed by atoms with Gasteiger partial charge in [0.15, 0.2) is 0 Å². The van der Waals surface area contributed by atoms with E-state index in [0.29, 0.717) is 10.8 Å². The van der Waals surface area contributed by atoms with Crippen molar-refractivity contribution >= 4 is 64.6 Å². The van der Waals surface area contributed by atoms with Crippen molar-refractivity contribution < 1.29 is 0 Å². The minimum absolute atomic E-state index is 0.155. The van der Waals surface area contributed by atoms with Gasteiger partial charge in [-0.25, -0.2) is 4.57 Å². The molecule has 0 saturated carbocycles. The predicted molar refractivity (Wildman–Crippen MR) is 180 cm³/mol. The molecular weight excluding hydrogens is 514 g/mol. The Kier molecular flexibility index (Phi) is 4.60. The van der Waals surface area contributed by atoms with E-state index in [0.717, 1.165) is 43.9 Å². The van der Waals surface area contributed by atoms with E-state index in [1.165, 1.54) is 48.0 Å². The smallest absolute Gasteiger partial charge is 0.266 e. The maximum absolute atomic E-state index is 14.7. The second-order valence-corrected chi connectivity index (χ2v) is 14.6. The second-order valence-electron chi connectivity index (χ2n) is 14.6. The van der Waals surface area contributed by atoms with E-state index >= 15 is 0 Å². The summed E-state index contributed by atoms with van der Waals surface area (Å²) in [7, 11) is 0. The Bertz CT molecular complexity index is 2390. The maximum Gasteiger partial charge on any atom is 0.266 e. The fourth-order valence-electron chi connectivity index (χ4n) is 7.91. The number of aryl methyl sites for hydroxylation is 2. The average Bonchev–Trinajstić information content (AvgIpc) is 3.41. The van der Waals surface area contributed by atoms with Gasteiger partial charge in [-0.3, -0.25) is 9.59 Å². The lowest BCUT2D eigenvalue weighted by molar-refractivity contribution is 0.596. The molecule has 3 heteroatoms. The van der Waals surface area contributed by atoms with Crippen LogP contribution in [0.3, 0.4) is 0 Å². The molecule has 3 nitrogen and oxygen atoms in total. The first-order chi connectivity index (χ1) is 19.7. The molecule has 0 bridgehead atoms. The Labute approximate surface area is 244 Å². The Hall–Kier alpha value is -4.24. The van der Waals surface area contributed by atoms with Gasteiger partial charge in [0.1, 0.15) is 0 Å². The molecule has 8 rings (SSSR count). The number of rotatable bonds is 1. The number of fused-ring (bicyclic) bond motifs is 3. The van der Waals surface area contributed by atoms with Crippen molar-refractivity contribution in [3.05, 3.63) is 97.1 Å². The van der Waals surface area contributed by atoms with Crippen LogP contribution in [-0.4, -0.2) is 4.57 Å². The summed E-state index contributed by atoms with van der Waals surface area (Å²) >= 11 is 0. The Morgan fingerprint density at radius 3 is 1.38 bits per heavy atom. The fourth-order valence-corrected chi connectivity index (χ4v) is 7.91. The molecule has 0 fully saturated rings. The quantitative estimate of drug-likeness (QED) is 0.191. The van der Waals surface area contributed by atoms with E-state index in [-0.39, 0.29) is 21.9 Å². The van der Waals surface area contributed by atoms with E-state index in [9.17, 15) is 9.59 Å². The Morgan fingerprint density at radius 2 is 0.929 bits per heavy atom. The first-order valence-corrected chi connectivity index (χ1v) is 15.0. The van der Waals surface area contributed by atoms with Gasteiger partial charge in [-0.2, -0.15) is 0 Å². The molecule has 1 heterocycles. The summed E-state index contributed by atoms with van der Waals surface area (Å²) < 4.78 is 1.47. The zero-order chi connectivity index (χ0) is 29.8. The molecule has 0 aliphatic rings. The molecule has 0 N–H and O–H groups in total. The zero-order valence-electron chi connectivity index (χ0n) is 25.9. The van der Waals surface area contributed by atoms with Crippen molar-refractivity contribution in [2.75, 3.05) is 0 Å². The molecule has 208 valence electrons. The molecule has 8 aromatic rings. The lowest BCUT2D eigenvalue weighted by atomic mass is 9.80. The van der Waals surface area contributed by atoms with Crippen LogP contribution >= 0.6 is 0 Å². The van der Waals surface area contributed by atoms with Crippen LogP contribution < -0.4 is 11.1 Å². The van der Waals surface area contributed by atoms with Crippen LogP contribution in [0.15, 0.2) is 58.1 Å². The van der Waals surface area contributed by atoms with E-state index in [1.807, 2.05) is 26.8 Å². The van der Waals surface area contributed by atoms with Crippen molar-refractivity contribution in [1.29, 1.82) is 0 Å². The molecule has 1 aromatic heterocycles. The number of aromatic nitrogens is 1. The average molecular weight is 550 g/mol. The molecule has 0 unspecified atom stereocenters. The first kappa shape index (κ1) is 25.5. The third-order valence-corrected chi connectivity index (χ3v) is 10.00. The minimum atomic E-state index is -0.214. The third-order valence-electron chi connectivity index (χ3n) is 10.00. The van der Waals surface area contributed by atoms with Gasteiger partial charge in [0, 0.05) is 0 Å². The lowest BCUT2D eigenvalue weighted by Gasteiger charge is -2.23. The first-order valence-electron chi connectivity index (χ1n) is 15.0. The maximum atomic E-state index is 14.7. The molecule has 0 aliphatic carbocycles. The molecule has 0 radical (unpaired) electrons. The van der Waals surface area contributed by atoms with Crippen LogP contribution in [0.5, 0.6) is 0 Å². The summed E-state index contributed by atoms with van der Waals surface area (Å²) in [6.07, 6.45) is 0. The summed E-state index contributed by atoms with van der Waals surface area (Å²) in [5, 5.41) is 12.6. The SMILES string of the molecule is Cc1ccc(C)c(-n2c(=O)c3c4cc(C(C)(C)C)c5ccc6ccc7c(C(C)(C)C)cc(c3c2=O)c2c7c6c5c42)c1C. The summed E-state index contributed by atoms with van der Waals surface area (Å²) in [5.41, 5.74) is 5.35. The normalized spacial score (nSPS) is 13.5. The van der Waals surface area contributed by atoms with E-state index < -0.39 is 0 Å². The molecule has 0 spiro atoms. The molecule has 7 aromatic carbocycles. The van der Waals surface area contributed by atoms with Gasteiger partial charge in [0.25, 0.3) is 11.1 Å². The van der Waals surface area contributed by atoms with Gasteiger partial charge in [-0.1, -0.05) is 77.9 Å². The minimum Gasteiger partial charge on any atom is -0.268 e. The van der Waals surface area contributed by atoms with E-state index in [2.05, 4.69) is 84.0 Å². The molecular formula is C39H35NO2. The monoisotopic (exact) mass is 549 g/mol. The van der Waals surface area contributed by atoms with E-state index in [1.54, 1.807) is 0 Å². The van der Waals surface area contributed by atoms with Crippen molar-refractivity contribution in [3.8, 4) is 5.69 Å². The third kappa shape index (κ3) is 2.87. The van der Waals surface area contributed by atoms with Crippen molar-refractivity contribution in [3.63, 3.8) is 0 Å². The molecule has 0 aliphatic heterocycles. The fraction of sp³-hybridized carbons (Fsp3) is 0.282. The van der Waals surface area contributed by atoms with Crippen LogP contribution in [0.4, 0.5) is 0 Å². The van der Waals surface area contributed by atoms with Crippen LogP contribution in [0.25, 0.3) is 70.3 Å². The van der Waals surface area contributed by atoms with Crippen LogP contribution in [0.1, 0.15) is 69.4 Å². The highest BCUT2D eigenvalue weighted by Crippen LogP contribution is 2.53. The standard InChI is InChI=1S/C39H35NO2/c1-18-10-11-19(2)35(20(18)3)40-36(41)33-24-16-26(38(4,5)6)22-14-12-21-13-15-23-27(39(7,8)9)17-25(34(33)37(40)42)32-30(23)28(21)29(22)31(24)32/h10-17H,1-9H3. The summed E-state index contributed by atoms with van der Waals surface area (Å²) in [6.45, 7) is 19.5. The van der Waals surface area contributed by atoms with Crippen molar-refractivity contribution in [2.45, 2.75) is 73.1 Å². The van der Waals surface area contributed by atoms with Crippen LogP contribution in [0.2, 0.25) is 0 Å². The van der Waals surface area contributed by atoms with Crippen molar-refractivity contribution in [1.82, 2.24) is 4.57 Å². The summed E-state index contributed by atoms with van der Waals surface area (Å²) in [6, 6.07) is 17.5. The summed E-state index contributed by atoms with van der Waals surface area (Å²) in [4.78, 5) is 29.4. The van der Waals surface area contributed by atoms with Gasteiger partial charge in [0.2, 0.25) is 0 Å². The van der Waals surface area contributed by atoms with Gasteiger partial charge in [-0.05, 0) is 125 Å². The second kappa shape index (κ2) is 7.58. The molecule has 0 saturated heterocycles. The number of hydrogen-bond acceptors (Lipinski definition) is 2. The van der Waals surface area contributed by atoms with Crippen molar-refractivity contribution in [2.24, 2.45) is 0 Å². The molecule has 42 heavy (non-hydrogen) atoms. The summed E-state index contributed by atoms with van der Waals surface area (Å²) in [5.74, 6) is 0. The number of benzene rings is 6. The van der Waals surface area contributed by atoms with Gasteiger partial charge in [0.05, 0.1) is 16.5 Å². The highest BCUT2D eigenvalue weighted by atomic mass is 16.2. The highest BCUT2D eigenvalue weighted by molar-refractivity contribution is 6.48. The Morgan fingerprint density at radius 1 is 0.500 bits per heavy atom. The Balaban J connectivity index is 1.77. The van der Waals surface area contributed by atoms with Gasteiger partial charge in [-0.15, -0.1) is 0 Å². The van der Waals surface area contributed by atoms with E-state index in [4.69, 9.17) is 0 Å². The van der Waals surface area contributed by atoms with Gasteiger partial charge >= 0.3 is 0 Å². The predicted octanol–water partition coefficient (Wildman–Crippen LogP) is 9.39. The molecule has 0 atom stereocenters. The largest absolute Gasteiger partial charge is 0.268 e. The van der Waals surface area contributed by atoms with Crippen LogP contribution in [-0.2, 0) is 10.8 Å². The van der Waals surface area contributed by atoms with Crippen LogP contribution in [0, 0.1) is 20.8 Å². The highest BCUT2D eigenvalue weighted by Gasteiger charge is 2.32. The number of nitrogens with zero attached hydrogens (tertiary/aromatic N) is 1. The zero-order valence-corrected chi connectivity index (χ0v) is 25.9. The van der Waals surface area contributed by atoms with Gasteiger partial charge < -0.3 is 0 Å². The number of hydrogen-bond donors (Lipinski definition) is 0. The molecule has 0 amide bonds. The topological polar surface area (TPSA) is 39.1 Å².